The molecule has 0 aromatic carbocycles. The highest BCUT2D eigenvalue weighted by molar-refractivity contribution is 7.99. The number of hydrogen-bond acceptors (Lipinski definition) is 2. The van der Waals surface area contributed by atoms with Crippen molar-refractivity contribution in [3.05, 3.63) is 0 Å². The number of hydrogen-bond donors (Lipinski definition) is 1. The topological polar surface area (TPSA) is 12.0 Å². The second-order valence-electron chi connectivity index (χ2n) is 5.48. The first-order chi connectivity index (χ1) is 7.83. The molecule has 2 saturated carbocycles. The smallest absolute Gasteiger partial charge is 0.0201 e. The second-order valence-corrected chi connectivity index (χ2v) is 7.00. The molecular formula is C14H27NS. The van der Waals surface area contributed by atoms with Gasteiger partial charge in [0.15, 0.2) is 0 Å². The molecule has 0 radical (unpaired) electrons. The van der Waals surface area contributed by atoms with Crippen molar-refractivity contribution in [2.24, 2.45) is 5.92 Å². The van der Waals surface area contributed by atoms with Crippen molar-refractivity contribution >= 4 is 11.8 Å². The molecule has 2 aliphatic carbocycles. The van der Waals surface area contributed by atoms with E-state index >= 15 is 0 Å². The predicted octanol–water partition coefficient (Wildman–Crippen LogP) is 3.83. The minimum absolute atomic E-state index is 0.825. The molecule has 16 heavy (non-hydrogen) atoms. The Bertz CT molecular complexity index is 207. The molecule has 2 fully saturated rings. The molecule has 2 heteroatoms. The quantitative estimate of drug-likeness (QED) is 0.785. The summed E-state index contributed by atoms with van der Waals surface area (Å²) in [6.07, 6.45) is 10.0. The van der Waals surface area contributed by atoms with E-state index in [0.29, 0.717) is 0 Å². The van der Waals surface area contributed by atoms with Gasteiger partial charge in [-0.2, -0.15) is 11.8 Å². The zero-order valence-electron chi connectivity index (χ0n) is 10.9. The average Bonchev–Trinajstić information content (AvgIpc) is 2.90. The first-order valence-electron chi connectivity index (χ1n) is 7.21. The van der Waals surface area contributed by atoms with Gasteiger partial charge in [-0.25, -0.2) is 0 Å². The minimum Gasteiger partial charge on any atom is -0.310 e. The van der Waals surface area contributed by atoms with Crippen LogP contribution in [0.3, 0.4) is 0 Å². The van der Waals surface area contributed by atoms with Gasteiger partial charge in [-0.05, 0) is 43.8 Å². The third kappa shape index (κ3) is 3.16. The normalized spacial score (nSPS) is 39.4. The zero-order valence-corrected chi connectivity index (χ0v) is 11.7. The zero-order chi connectivity index (χ0) is 11.4. The summed E-state index contributed by atoms with van der Waals surface area (Å²) in [5, 5.41) is 4.86. The van der Waals surface area contributed by atoms with Crippen molar-refractivity contribution in [2.75, 3.05) is 5.75 Å². The highest BCUT2D eigenvalue weighted by Crippen LogP contribution is 2.33. The van der Waals surface area contributed by atoms with Crippen LogP contribution >= 0.6 is 11.8 Å². The molecular weight excluding hydrogens is 214 g/mol. The van der Waals surface area contributed by atoms with E-state index in [1.165, 1.54) is 50.7 Å². The first kappa shape index (κ1) is 12.8. The van der Waals surface area contributed by atoms with Gasteiger partial charge in [0, 0.05) is 17.3 Å². The molecule has 0 heterocycles. The average molecular weight is 241 g/mol. The van der Waals surface area contributed by atoms with E-state index in [2.05, 4.69) is 30.9 Å². The molecule has 94 valence electrons. The molecule has 4 atom stereocenters. The van der Waals surface area contributed by atoms with Crippen molar-refractivity contribution < 1.29 is 0 Å². The largest absolute Gasteiger partial charge is 0.310 e. The lowest BCUT2D eigenvalue weighted by molar-refractivity contribution is 0.422. The Morgan fingerprint density at radius 2 is 2.00 bits per heavy atom. The molecule has 4 unspecified atom stereocenters. The van der Waals surface area contributed by atoms with Gasteiger partial charge in [0.05, 0.1) is 0 Å². The summed E-state index contributed by atoms with van der Waals surface area (Å²) in [4.78, 5) is 0. The molecule has 1 N–H and O–H groups in total. The summed E-state index contributed by atoms with van der Waals surface area (Å²) < 4.78 is 0. The Labute approximate surface area is 105 Å². The molecule has 2 aliphatic rings. The predicted molar refractivity (Wildman–Crippen MR) is 74.1 cm³/mol. The minimum atomic E-state index is 0.825. The molecule has 0 saturated heterocycles. The maximum atomic E-state index is 3.96. The van der Waals surface area contributed by atoms with Crippen LogP contribution in [0.1, 0.15) is 58.8 Å². The molecule has 1 nitrogen and oxygen atoms in total. The van der Waals surface area contributed by atoms with Crippen molar-refractivity contribution in [3.8, 4) is 0 Å². The Hall–Kier alpha value is 0.310. The summed E-state index contributed by atoms with van der Waals surface area (Å²) in [5.41, 5.74) is 0. The fraction of sp³-hybridized carbons (Fsp3) is 1.00. The van der Waals surface area contributed by atoms with Crippen molar-refractivity contribution in [1.82, 2.24) is 5.32 Å². The molecule has 0 aliphatic heterocycles. The Morgan fingerprint density at radius 1 is 1.12 bits per heavy atom. The molecule has 0 bridgehead atoms. The maximum Gasteiger partial charge on any atom is 0.0201 e. The SMILES string of the molecule is CCSC1CCCC1NC1CCC(CC)C1. The summed E-state index contributed by atoms with van der Waals surface area (Å²) in [6, 6.07) is 1.67. The van der Waals surface area contributed by atoms with Crippen LogP contribution in [0.15, 0.2) is 0 Å². The van der Waals surface area contributed by atoms with Crippen LogP contribution in [-0.2, 0) is 0 Å². The number of rotatable bonds is 5. The van der Waals surface area contributed by atoms with Crippen LogP contribution in [-0.4, -0.2) is 23.1 Å². The summed E-state index contributed by atoms with van der Waals surface area (Å²) in [7, 11) is 0. The molecule has 2 rings (SSSR count). The van der Waals surface area contributed by atoms with Gasteiger partial charge in [-0.1, -0.05) is 26.7 Å². The van der Waals surface area contributed by atoms with E-state index in [9.17, 15) is 0 Å². The fourth-order valence-electron chi connectivity index (χ4n) is 3.43. The highest BCUT2D eigenvalue weighted by Gasteiger charge is 2.31. The lowest BCUT2D eigenvalue weighted by Crippen LogP contribution is -2.40. The van der Waals surface area contributed by atoms with Crippen molar-refractivity contribution in [1.29, 1.82) is 0 Å². The summed E-state index contributed by atoms with van der Waals surface area (Å²) in [5.74, 6) is 2.29. The van der Waals surface area contributed by atoms with Crippen LogP contribution in [0.2, 0.25) is 0 Å². The monoisotopic (exact) mass is 241 g/mol. The van der Waals surface area contributed by atoms with E-state index in [4.69, 9.17) is 0 Å². The Morgan fingerprint density at radius 3 is 2.69 bits per heavy atom. The van der Waals surface area contributed by atoms with Crippen LogP contribution in [0.25, 0.3) is 0 Å². The Kier molecular flexibility index (Phi) is 5.02. The molecule has 0 aromatic heterocycles. The van der Waals surface area contributed by atoms with Gasteiger partial charge in [0.25, 0.3) is 0 Å². The van der Waals surface area contributed by atoms with E-state index in [1.807, 2.05) is 0 Å². The molecule has 0 spiro atoms. The fourth-order valence-corrected chi connectivity index (χ4v) is 4.64. The third-order valence-corrected chi connectivity index (χ3v) is 5.73. The van der Waals surface area contributed by atoms with Gasteiger partial charge >= 0.3 is 0 Å². The lowest BCUT2D eigenvalue weighted by Gasteiger charge is -2.24. The van der Waals surface area contributed by atoms with E-state index < -0.39 is 0 Å². The van der Waals surface area contributed by atoms with E-state index in [0.717, 1.165) is 23.3 Å². The standard InChI is InChI=1S/C14H27NS/c1-3-11-8-9-12(10-11)15-13-6-5-7-14(13)16-4-2/h11-15H,3-10H2,1-2H3. The van der Waals surface area contributed by atoms with E-state index in [-0.39, 0.29) is 0 Å². The highest BCUT2D eigenvalue weighted by atomic mass is 32.2. The first-order valence-corrected chi connectivity index (χ1v) is 8.26. The van der Waals surface area contributed by atoms with Crippen molar-refractivity contribution in [3.63, 3.8) is 0 Å². The molecule has 0 amide bonds. The van der Waals surface area contributed by atoms with Gasteiger partial charge in [-0.3, -0.25) is 0 Å². The third-order valence-electron chi connectivity index (χ3n) is 4.40. The number of thioether (sulfide) groups is 1. The van der Waals surface area contributed by atoms with Crippen molar-refractivity contribution in [2.45, 2.75) is 76.1 Å². The lowest BCUT2D eigenvalue weighted by atomic mass is 10.1. The van der Waals surface area contributed by atoms with Gasteiger partial charge in [0.1, 0.15) is 0 Å². The number of nitrogens with one attached hydrogen (secondary N) is 1. The van der Waals surface area contributed by atoms with Crippen LogP contribution < -0.4 is 5.32 Å². The summed E-state index contributed by atoms with van der Waals surface area (Å²) >= 11 is 2.17. The second kappa shape index (κ2) is 6.30. The molecule has 0 aromatic rings. The van der Waals surface area contributed by atoms with Crippen LogP contribution in [0.4, 0.5) is 0 Å². The Balaban J connectivity index is 1.76. The van der Waals surface area contributed by atoms with E-state index in [1.54, 1.807) is 0 Å². The van der Waals surface area contributed by atoms with Crippen LogP contribution in [0.5, 0.6) is 0 Å². The maximum absolute atomic E-state index is 3.96. The van der Waals surface area contributed by atoms with Gasteiger partial charge in [0.2, 0.25) is 0 Å². The van der Waals surface area contributed by atoms with Crippen LogP contribution in [0, 0.1) is 5.92 Å². The van der Waals surface area contributed by atoms with Gasteiger partial charge < -0.3 is 5.32 Å². The van der Waals surface area contributed by atoms with Gasteiger partial charge in [-0.15, -0.1) is 0 Å². The summed E-state index contributed by atoms with van der Waals surface area (Å²) in [6.45, 7) is 4.64.